The molecule has 1 fully saturated rings. The maximum Gasteiger partial charge on any atom is 1.00 e. The van der Waals surface area contributed by atoms with Crippen molar-refractivity contribution in [3.8, 4) is 0 Å². The predicted molar refractivity (Wildman–Crippen MR) is 101 cm³/mol. The summed E-state index contributed by atoms with van der Waals surface area (Å²) in [4.78, 5) is 24.9. The van der Waals surface area contributed by atoms with Crippen molar-refractivity contribution in [1.82, 2.24) is 0 Å². The molecule has 1 amide bonds. The van der Waals surface area contributed by atoms with Crippen LogP contribution in [0.1, 0.15) is 54.9 Å². The molecule has 1 radical (unpaired) electrons. The van der Waals surface area contributed by atoms with Gasteiger partial charge < -0.3 is 19.5 Å². The van der Waals surface area contributed by atoms with Crippen molar-refractivity contribution < 1.29 is 43.3 Å². The number of hydrogen-bond donors (Lipinski definition) is 0. The van der Waals surface area contributed by atoms with Crippen molar-refractivity contribution in [3.63, 3.8) is 0 Å². The normalized spacial score (nSPS) is 24.5. The van der Waals surface area contributed by atoms with E-state index in [-0.39, 0.29) is 30.7 Å². The fourth-order valence-electron chi connectivity index (χ4n) is 3.19. The van der Waals surface area contributed by atoms with Gasteiger partial charge in [-0.25, -0.2) is 0 Å². The SMILES string of the molecule is COC(CC1(C(C)(C)C)[N-]C(=O)OC1[C@@H](C)C(=O)/C=C/C(C)(C)C)OC.[Ru+]. The van der Waals surface area contributed by atoms with Gasteiger partial charge in [0.15, 0.2) is 12.1 Å². The first kappa shape index (κ1) is 26.2. The molecule has 0 saturated carbocycles. The molecule has 7 heteroatoms. The van der Waals surface area contributed by atoms with Crippen LogP contribution in [0.15, 0.2) is 12.2 Å². The number of carbonyl (C=O) groups excluding carboxylic acids is 2. The number of ketones is 1. The second-order valence-corrected chi connectivity index (χ2v) is 9.09. The van der Waals surface area contributed by atoms with Gasteiger partial charge in [-0.3, -0.25) is 9.59 Å². The number of methoxy groups -OCH3 is 2. The van der Waals surface area contributed by atoms with E-state index in [0.717, 1.165) is 0 Å². The minimum absolute atomic E-state index is 0. The Balaban J connectivity index is 0.00000676. The first-order valence-corrected chi connectivity index (χ1v) is 8.99. The number of ether oxygens (including phenoxy) is 3. The summed E-state index contributed by atoms with van der Waals surface area (Å²) in [6.45, 7) is 13.8. The third kappa shape index (κ3) is 6.37. The Morgan fingerprint density at radius 3 is 2.15 bits per heavy atom. The summed E-state index contributed by atoms with van der Waals surface area (Å²) in [7, 11) is 3.08. The zero-order valence-corrected chi connectivity index (χ0v) is 19.7. The molecule has 0 aliphatic carbocycles. The average molecular weight is 470 g/mol. The van der Waals surface area contributed by atoms with Crippen LogP contribution in [-0.2, 0) is 38.5 Å². The molecule has 27 heavy (non-hydrogen) atoms. The van der Waals surface area contributed by atoms with Gasteiger partial charge in [-0.2, -0.15) is 0 Å². The van der Waals surface area contributed by atoms with Gasteiger partial charge in [0.25, 0.3) is 0 Å². The van der Waals surface area contributed by atoms with Crippen LogP contribution in [0.4, 0.5) is 4.79 Å². The topological polar surface area (TPSA) is 75.9 Å². The molecule has 1 aliphatic heterocycles. The molecule has 3 atom stereocenters. The van der Waals surface area contributed by atoms with Gasteiger partial charge in [0, 0.05) is 14.2 Å². The number of carbonyl (C=O) groups is 2. The van der Waals surface area contributed by atoms with Crippen LogP contribution < -0.4 is 0 Å². The fourth-order valence-corrected chi connectivity index (χ4v) is 3.19. The quantitative estimate of drug-likeness (QED) is 0.312. The van der Waals surface area contributed by atoms with E-state index in [1.807, 2.05) is 47.6 Å². The van der Waals surface area contributed by atoms with E-state index in [9.17, 15) is 9.59 Å². The van der Waals surface area contributed by atoms with Gasteiger partial charge in [0.2, 0.25) is 6.09 Å². The van der Waals surface area contributed by atoms with Gasteiger partial charge >= 0.3 is 19.5 Å². The molecule has 0 N–H and O–H groups in total. The maximum absolute atomic E-state index is 12.7. The second-order valence-electron chi connectivity index (χ2n) is 9.09. The number of allylic oxidation sites excluding steroid dienone is 2. The number of nitrogens with zero attached hydrogens (tertiary/aromatic N) is 1. The number of amides is 1. The van der Waals surface area contributed by atoms with E-state index >= 15 is 0 Å². The van der Waals surface area contributed by atoms with Gasteiger partial charge in [-0.15, -0.1) is 0 Å². The first-order chi connectivity index (χ1) is 11.8. The smallest absolute Gasteiger partial charge is 0.609 e. The standard InChI is InChI=1S/C20H35NO5.Ru/c1-13(14(22)10-11-18(2,3)4)16-20(19(5,6)7,21-17(23)26-16)12-15(24-8)25-9;/h10-11,13,15-16H,12H2,1-9H3,(H,21,23);/q;+1/p-1/b11-10+;/t13-,16?,20?;/m0./s1. The van der Waals surface area contributed by atoms with Crippen molar-refractivity contribution in [2.75, 3.05) is 14.2 Å². The monoisotopic (exact) mass is 470 g/mol. The van der Waals surface area contributed by atoms with Crippen LogP contribution in [0, 0.1) is 16.7 Å². The molecule has 1 heterocycles. The Labute approximate surface area is 176 Å². The Bertz CT molecular complexity index is 546. The summed E-state index contributed by atoms with van der Waals surface area (Å²) in [5.41, 5.74) is -1.47. The molecule has 157 valence electrons. The van der Waals surface area contributed by atoms with Gasteiger partial charge in [-0.1, -0.05) is 60.1 Å². The summed E-state index contributed by atoms with van der Waals surface area (Å²) in [5, 5.41) is 4.32. The molecule has 6 nitrogen and oxygen atoms in total. The summed E-state index contributed by atoms with van der Waals surface area (Å²) in [6.07, 6.45) is 1.89. The zero-order valence-electron chi connectivity index (χ0n) is 17.9. The van der Waals surface area contributed by atoms with Crippen LogP contribution in [0.25, 0.3) is 5.32 Å². The molecule has 1 aliphatic rings. The van der Waals surface area contributed by atoms with Crippen LogP contribution >= 0.6 is 0 Å². The summed E-state index contributed by atoms with van der Waals surface area (Å²) < 4.78 is 16.2. The molecule has 0 aromatic heterocycles. The molecule has 1 saturated heterocycles. The number of rotatable bonds is 7. The summed E-state index contributed by atoms with van der Waals surface area (Å²) in [5.74, 6) is -0.618. The van der Waals surface area contributed by atoms with Crippen molar-refractivity contribution >= 4 is 11.9 Å². The van der Waals surface area contributed by atoms with Crippen LogP contribution in [0.5, 0.6) is 0 Å². The third-order valence-corrected chi connectivity index (χ3v) is 4.94. The first-order valence-electron chi connectivity index (χ1n) is 8.99. The predicted octanol–water partition coefficient (Wildman–Crippen LogP) is 4.48. The zero-order chi connectivity index (χ0) is 20.3. The van der Waals surface area contributed by atoms with Crippen molar-refractivity contribution in [2.24, 2.45) is 16.7 Å². The Hall–Kier alpha value is -0.777. The van der Waals surface area contributed by atoms with E-state index in [4.69, 9.17) is 14.2 Å². The molecule has 0 aromatic rings. The van der Waals surface area contributed by atoms with Crippen LogP contribution in [0.2, 0.25) is 0 Å². The second kappa shape index (κ2) is 9.62. The molecule has 2 unspecified atom stereocenters. The third-order valence-electron chi connectivity index (χ3n) is 4.94. The number of cyclic esters (lactones) is 1. The Morgan fingerprint density at radius 1 is 1.22 bits per heavy atom. The number of hydrogen-bond acceptors (Lipinski definition) is 5. The van der Waals surface area contributed by atoms with Crippen molar-refractivity contribution in [1.29, 1.82) is 0 Å². The molecule has 1 rings (SSSR count). The largest absolute Gasteiger partial charge is 1.00 e. The van der Waals surface area contributed by atoms with Crippen LogP contribution in [0.3, 0.4) is 0 Å². The Kier molecular flexibility index (Phi) is 9.34. The molecule has 0 bridgehead atoms. The maximum atomic E-state index is 12.7. The van der Waals surface area contributed by atoms with Gasteiger partial charge in [0.05, 0.1) is 5.92 Å². The minimum Gasteiger partial charge on any atom is -0.609 e. The van der Waals surface area contributed by atoms with Crippen LogP contribution in [-0.4, -0.2) is 44.0 Å². The van der Waals surface area contributed by atoms with Crippen molar-refractivity contribution in [3.05, 3.63) is 17.5 Å². The van der Waals surface area contributed by atoms with E-state index < -0.39 is 35.4 Å². The van der Waals surface area contributed by atoms with Crippen molar-refractivity contribution in [2.45, 2.75) is 72.8 Å². The average Bonchev–Trinajstić information content (AvgIpc) is 2.86. The van der Waals surface area contributed by atoms with E-state index in [0.29, 0.717) is 6.42 Å². The summed E-state index contributed by atoms with van der Waals surface area (Å²) in [6, 6.07) is 0. The molecule has 0 aromatic carbocycles. The minimum atomic E-state index is -0.925. The molecule has 0 spiro atoms. The Morgan fingerprint density at radius 2 is 1.74 bits per heavy atom. The van der Waals surface area contributed by atoms with Gasteiger partial charge in [-0.05, 0) is 23.3 Å². The van der Waals surface area contributed by atoms with Gasteiger partial charge in [0.1, 0.15) is 6.10 Å². The summed E-state index contributed by atoms with van der Waals surface area (Å²) >= 11 is 0. The molecular formula is C20H34NO5Ru. The molecular weight excluding hydrogens is 435 g/mol. The van der Waals surface area contributed by atoms with E-state index in [2.05, 4.69) is 5.32 Å². The fraction of sp³-hybridized carbons (Fsp3) is 0.800. The van der Waals surface area contributed by atoms with E-state index in [1.54, 1.807) is 13.0 Å². The van der Waals surface area contributed by atoms with E-state index in [1.165, 1.54) is 14.2 Å².